The molecule has 0 saturated carbocycles. The summed E-state index contributed by atoms with van der Waals surface area (Å²) in [6.45, 7) is 6.39. The van der Waals surface area contributed by atoms with Gasteiger partial charge in [-0.2, -0.15) is 5.10 Å². The highest BCUT2D eigenvalue weighted by Crippen LogP contribution is 2.46. The van der Waals surface area contributed by atoms with Gasteiger partial charge in [-0.1, -0.05) is 6.58 Å². The van der Waals surface area contributed by atoms with E-state index < -0.39 is 11.6 Å². The van der Waals surface area contributed by atoms with Gasteiger partial charge in [0.15, 0.2) is 0 Å². The average molecular weight is 547 g/mol. The van der Waals surface area contributed by atoms with Crippen LogP contribution >= 0.6 is 11.3 Å². The number of aromatic nitrogens is 5. The number of ether oxygens (including phenoxy) is 1. The van der Waals surface area contributed by atoms with E-state index in [1.54, 1.807) is 11.2 Å². The number of amides is 1. The Labute approximate surface area is 226 Å². The van der Waals surface area contributed by atoms with E-state index in [0.717, 1.165) is 27.9 Å². The van der Waals surface area contributed by atoms with Gasteiger partial charge >= 0.3 is 0 Å². The summed E-state index contributed by atoms with van der Waals surface area (Å²) in [4.78, 5) is 23.7. The molecule has 1 amide bonds. The van der Waals surface area contributed by atoms with Crippen LogP contribution < -0.4 is 4.74 Å². The van der Waals surface area contributed by atoms with Crippen LogP contribution in [0.25, 0.3) is 44.0 Å². The van der Waals surface area contributed by atoms with Crippen molar-refractivity contribution in [2.75, 3.05) is 7.11 Å². The van der Waals surface area contributed by atoms with Crippen molar-refractivity contribution < 1.29 is 18.3 Å². The first kappa shape index (κ1) is 24.9. The Kier molecular flexibility index (Phi) is 6.02. The normalized spacial score (nSPS) is 15.0. The molecular weight excluding hydrogens is 522 g/mol. The second-order valence-electron chi connectivity index (χ2n) is 9.46. The van der Waals surface area contributed by atoms with E-state index in [1.165, 1.54) is 24.5 Å². The molecule has 0 bridgehead atoms. The number of halogens is 2. The first-order valence-corrected chi connectivity index (χ1v) is 13.1. The van der Waals surface area contributed by atoms with E-state index in [2.05, 4.69) is 11.6 Å². The summed E-state index contributed by atoms with van der Waals surface area (Å²) in [6, 6.07) is 5.67. The highest BCUT2D eigenvalue weighted by atomic mass is 32.1. The Balaban J connectivity index is 1.64. The summed E-state index contributed by atoms with van der Waals surface area (Å²) in [7, 11) is 3.25. The topological polar surface area (TPSA) is 78.1 Å². The van der Waals surface area contributed by atoms with Crippen molar-refractivity contribution in [3.05, 3.63) is 72.2 Å². The third-order valence-electron chi connectivity index (χ3n) is 6.91. The Hall–Kier alpha value is -4.38. The molecule has 0 saturated heterocycles. The fraction of sp³-hybridized carbons (Fsp3) is 0.214. The fourth-order valence-corrected chi connectivity index (χ4v) is 6.02. The van der Waals surface area contributed by atoms with Crippen molar-refractivity contribution >= 4 is 27.3 Å². The third kappa shape index (κ3) is 4.09. The zero-order chi connectivity index (χ0) is 27.4. The molecule has 1 atom stereocenters. The smallest absolute Gasteiger partial charge is 0.246 e. The molecule has 198 valence electrons. The summed E-state index contributed by atoms with van der Waals surface area (Å²) in [5, 5.41) is 7.53. The van der Waals surface area contributed by atoms with Crippen molar-refractivity contribution in [1.82, 2.24) is 29.2 Å². The van der Waals surface area contributed by atoms with E-state index in [1.807, 2.05) is 46.9 Å². The number of hydrogen-bond acceptors (Lipinski definition) is 6. The number of hydrogen-bond donors (Lipinski definition) is 0. The van der Waals surface area contributed by atoms with Gasteiger partial charge in [0.2, 0.25) is 5.91 Å². The van der Waals surface area contributed by atoms with E-state index in [4.69, 9.17) is 14.8 Å². The Morgan fingerprint density at radius 1 is 1.21 bits per heavy atom. The Bertz CT molecular complexity index is 1770. The van der Waals surface area contributed by atoms with Gasteiger partial charge in [0, 0.05) is 47.1 Å². The second kappa shape index (κ2) is 9.42. The highest BCUT2D eigenvalue weighted by molar-refractivity contribution is 7.18. The van der Waals surface area contributed by atoms with Crippen molar-refractivity contribution in [2.45, 2.75) is 26.1 Å². The maximum atomic E-state index is 15.6. The molecule has 1 unspecified atom stereocenters. The first-order valence-electron chi connectivity index (χ1n) is 12.2. The molecule has 0 fully saturated rings. The molecule has 4 aromatic heterocycles. The number of carbonyl (C=O) groups excluding carboxylic acids is 1. The number of imidazole rings is 1. The maximum absolute atomic E-state index is 15.6. The first-order chi connectivity index (χ1) is 18.8. The molecule has 1 aromatic carbocycles. The molecule has 0 aliphatic carbocycles. The number of aryl methyl sites for hydroxylation is 1. The minimum absolute atomic E-state index is 0.0520. The van der Waals surface area contributed by atoms with Gasteiger partial charge in [-0.3, -0.25) is 9.48 Å². The number of rotatable bonds is 5. The molecular formula is C28H24F2N6O2S. The number of thiophene rings is 1. The summed E-state index contributed by atoms with van der Waals surface area (Å²) in [6.07, 6.45) is 4.85. The SMILES string of the molecule is C=CC(=O)N1Cc2cc(-c3nc(-c4cn(C)cn4)c4ccsc4c3-c3c(F)cc(F)cc3OC)nn2CC1C. The number of fused-ring (bicyclic) bond motifs is 2. The number of pyridine rings is 1. The van der Waals surface area contributed by atoms with Gasteiger partial charge in [-0.25, -0.2) is 18.7 Å². The lowest BCUT2D eigenvalue weighted by Gasteiger charge is -2.33. The van der Waals surface area contributed by atoms with Crippen LogP contribution in [0.5, 0.6) is 5.75 Å². The van der Waals surface area contributed by atoms with Crippen LogP contribution in [0.15, 0.2) is 54.8 Å². The Morgan fingerprint density at radius 3 is 2.74 bits per heavy atom. The summed E-state index contributed by atoms with van der Waals surface area (Å²) in [5.74, 6) is -1.62. The van der Waals surface area contributed by atoms with Gasteiger partial charge < -0.3 is 14.2 Å². The van der Waals surface area contributed by atoms with Crippen LogP contribution in [0, 0.1) is 11.6 Å². The largest absolute Gasteiger partial charge is 0.496 e. The van der Waals surface area contributed by atoms with Crippen molar-refractivity contribution in [3.8, 4) is 39.7 Å². The van der Waals surface area contributed by atoms with Crippen molar-refractivity contribution in [3.63, 3.8) is 0 Å². The van der Waals surface area contributed by atoms with Crippen LogP contribution in [0.2, 0.25) is 0 Å². The van der Waals surface area contributed by atoms with Crippen LogP contribution in [-0.4, -0.2) is 48.3 Å². The summed E-state index contributed by atoms with van der Waals surface area (Å²) in [5.41, 5.74) is 3.54. The third-order valence-corrected chi connectivity index (χ3v) is 7.84. The zero-order valence-electron chi connectivity index (χ0n) is 21.5. The molecule has 11 heteroatoms. The van der Waals surface area contributed by atoms with Crippen LogP contribution in [0.3, 0.4) is 0 Å². The number of benzene rings is 1. The molecule has 39 heavy (non-hydrogen) atoms. The predicted octanol–water partition coefficient (Wildman–Crippen LogP) is 5.43. The molecule has 8 nitrogen and oxygen atoms in total. The van der Waals surface area contributed by atoms with Crippen LogP contribution in [0.4, 0.5) is 8.78 Å². The van der Waals surface area contributed by atoms with Gasteiger partial charge in [-0.15, -0.1) is 11.3 Å². The molecule has 1 aliphatic heterocycles. The molecule has 0 spiro atoms. The average Bonchev–Trinajstić information content (AvgIpc) is 3.66. The van der Waals surface area contributed by atoms with Gasteiger partial charge in [-0.05, 0) is 30.5 Å². The molecule has 0 radical (unpaired) electrons. The molecule has 1 aliphatic rings. The van der Waals surface area contributed by atoms with Crippen LogP contribution in [-0.2, 0) is 24.9 Å². The van der Waals surface area contributed by atoms with Crippen molar-refractivity contribution in [1.29, 1.82) is 0 Å². The number of nitrogens with zero attached hydrogens (tertiary/aromatic N) is 6. The standard InChI is InChI=1S/C28H24F2N6O2S/c1-5-23(37)35-12-17-10-20(33-36(17)11-15(35)2)27-25(24-19(30)8-16(29)9-22(24)38-4)28-18(6-7-39-28)26(32-27)21-13-34(3)14-31-21/h5-10,13-15H,1,11-12H2,2-4H3. The highest BCUT2D eigenvalue weighted by Gasteiger charge is 2.30. The van der Waals surface area contributed by atoms with Gasteiger partial charge in [0.1, 0.15) is 34.5 Å². The van der Waals surface area contributed by atoms with E-state index >= 15 is 4.39 Å². The summed E-state index contributed by atoms with van der Waals surface area (Å²) >= 11 is 1.42. The summed E-state index contributed by atoms with van der Waals surface area (Å²) < 4.78 is 39.6. The lowest BCUT2D eigenvalue weighted by Crippen LogP contribution is -2.44. The fourth-order valence-electron chi connectivity index (χ4n) is 5.07. The quantitative estimate of drug-likeness (QED) is 0.275. The molecule has 5 heterocycles. The van der Waals surface area contributed by atoms with E-state index in [0.29, 0.717) is 41.4 Å². The van der Waals surface area contributed by atoms with E-state index in [9.17, 15) is 9.18 Å². The molecule has 5 aromatic rings. The Morgan fingerprint density at radius 2 is 2.03 bits per heavy atom. The van der Waals surface area contributed by atoms with Crippen molar-refractivity contribution in [2.24, 2.45) is 7.05 Å². The molecule has 6 rings (SSSR count). The van der Waals surface area contributed by atoms with Gasteiger partial charge in [0.25, 0.3) is 0 Å². The predicted molar refractivity (Wildman–Crippen MR) is 145 cm³/mol. The molecule has 0 N–H and O–H groups in total. The number of carbonyl (C=O) groups is 1. The lowest BCUT2D eigenvalue weighted by molar-refractivity contribution is -0.129. The van der Waals surface area contributed by atoms with Crippen LogP contribution in [0.1, 0.15) is 12.6 Å². The lowest BCUT2D eigenvalue weighted by atomic mass is 9.97. The minimum Gasteiger partial charge on any atom is -0.496 e. The van der Waals surface area contributed by atoms with E-state index in [-0.39, 0.29) is 23.3 Å². The minimum atomic E-state index is -0.768. The van der Waals surface area contributed by atoms with Gasteiger partial charge in [0.05, 0.1) is 43.5 Å². The zero-order valence-corrected chi connectivity index (χ0v) is 22.3. The maximum Gasteiger partial charge on any atom is 0.246 e. The second-order valence-corrected chi connectivity index (χ2v) is 10.4. The number of methoxy groups -OCH3 is 1. The monoisotopic (exact) mass is 546 g/mol.